The molecule has 0 amide bonds. The number of nitrogens with zero attached hydrogens (tertiary/aromatic N) is 4. The molecule has 4 aromatic rings. The van der Waals surface area contributed by atoms with Crippen LogP contribution in [0.25, 0.3) is 27.8 Å². The van der Waals surface area contributed by atoms with Gasteiger partial charge >= 0.3 is 0 Å². The van der Waals surface area contributed by atoms with Gasteiger partial charge in [0.1, 0.15) is 0 Å². The quantitative estimate of drug-likeness (QED) is 0.617. The first-order valence-corrected chi connectivity index (χ1v) is 7.18. The number of aryl methyl sites for hydroxylation is 1. The van der Waals surface area contributed by atoms with Crippen LogP contribution in [0.5, 0.6) is 0 Å². The zero-order valence-electron chi connectivity index (χ0n) is 12.4. The smallest absolute Gasteiger partial charge is 0.267 e. The van der Waals surface area contributed by atoms with Gasteiger partial charge in [0, 0.05) is 23.3 Å². The lowest BCUT2D eigenvalue weighted by Crippen LogP contribution is -2.12. The molecule has 0 spiro atoms. The largest absolute Gasteiger partial charge is 0.272 e. The summed E-state index contributed by atoms with van der Waals surface area (Å²) in [4.78, 5) is 16.3. The Labute approximate surface area is 131 Å². The number of aromatic nitrogens is 5. The van der Waals surface area contributed by atoms with Crippen molar-refractivity contribution < 1.29 is 0 Å². The van der Waals surface area contributed by atoms with Crippen LogP contribution in [0.2, 0.25) is 0 Å². The molecule has 0 atom stereocenters. The fraction of sp³-hybridized carbons (Fsp3) is 0.0588. The summed E-state index contributed by atoms with van der Waals surface area (Å²) in [6.45, 7) is 2.00. The Kier molecular flexibility index (Phi) is 3.01. The third-order valence-corrected chi connectivity index (χ3v) is 3.68. The van der Waals surface area contributed by atoms with Gasteiger partial charge in [-0.05, 0) is 24.6 Å². The number of hydrogen-bond donors (Lipinski definition) is 1. The van der Waals surface area contributed by atoms with Crippen LogP contribution in [0.15, 0.2) is 59.8 Å². The molecule has 0 aliphatic heterocycles. The van der Waals surface area contributed by atoms with E-state index in [-0.39, 0.29) is 5.56 Å². The van der Waals surface area contributed by atoms with Gasteiger partial charge in [0.2, 0.25) is 0 Å². The van der Waals surface area contributed by atoms with E-state index in [1.165, 1.54) is 0 Å². The second-order valence-electron chi connectivity index (χ2n) is 5.32. The third-order valence-electron chi connectivity index (χ3n) is 3.68. The number of pyridine rings is 1. The Morgan fingerprint density at radius 1 is 1.04 bits per heavy atom. The molecule has 0 aliphatic carbocycles. The number of hydrogen-bond acceptors (Lipinski definition) is 4. The van der Waals surface area contributed by atoms with E-state index in [0.29, 0.717) is 11.2 Å². The van der Waals surface area contributed by atoms with Gasteiger partial charge in [-0.3, -0.25) is 9.78 Å². The molecule has 1 N–H and O–H groups in total. The fourth-order valence-corrected chi connectivity index (χ4v) is 2.48. The van der Waals surface area contributed by atoms with E-state index in [1.54, 1.807) is 16.9 Å². The lowest BCUT2D eigenvalue weighted by Gasteiger charge is -2.04. The molecule has 0 radical (unpaired) electrons. The summed E-state index contributed by atoms with van der Waals surface area (Å²) >= 11 is 0. The number of rotatable bonds is 2. The van der Waals surface area contributed by atoms with Gasteiger partial charge in [0.15, 0.2) is 5.82 Å². The van der Waals surface area contributed by atoms with Crippen LogP contribution in [0.4, 0.5) is 0 Å². The first-order chi connectivity index (χ1) is 11.2. The monoisotopic (exact) mass is 303 g/mol. The molecule has 4 rings (SSSR count). The van der Waals surface area contributed by atoms with Crippen LogP contribution in [0, 0.1) is 6.92 Å². The van der Waals surface area contributed by atoms with Crippen molar-refractivity contribution in [2.24, 2.45) is 0 Å². The van der Waals surface area contributed by atoms with Gasteiger partial charge in [0.05, 0.1) is 17.3 Å². The highest BCUT2D eigenvalue weighted by Gasteiger charge is 2.10. The SMILES string of the molecule is Cc1ccc(-c2cnn(-c3n[nH]c(=O)c4ccccc34)c2)nc1. The molecule has 0 unspecified atom stereocenters. The molecular weight excluding hydrogens is 290 g/mol. The Hall–Kier alpha value is -3.28. The van der Waals surface area contributed by atoms with Crippen molar-refractivity contribution in [2.45, 2.75) is 6.92 Å². The first-order valence-electron chi connectivity index (χ1n) is 7.18. The van der Waals surface area contributed by atoms with E-state index in [4.69, 9.17) is 0 Å². The van der Waals surface area contributed by atoms with Crippen molar-refractivity contribution in [2.75, 3.05) is 0 Å². The molecule has 112 valence electrons. The van der Waals surface area contributed by atoms with Crippen molar-refractivity contribution in [3.63, 3.8) is 0 Å². The summed E-state index contributed by atoms with van der Waals surface area (Å²) in [5.41, 5.74) is 2.63. The molecule has 0 fully saturated rings. The summed E-state index contributed by atoms with van der Waals surface area (Å²) in [6, 6.07) is 11.3. The third kappa shape index (κ3) is 2.30. The minimum absolute atomic E-state index is 0.211. The predicted octanol–water partition coefficient (Wildman–Crippen LogP) is 2.48. The number of nitrogens with one attached hydrogen (secondary N) is 1. The summed E-state index contributed by atoms with van der Waals surface area (Å²) in [5, 5.41) is 12.4. The van der Waals surface area contributed by atoms with Crippen molar-refractivity contribution in [3.05, 3.63) is 70.9 Å². The Balaban J connectivity index is 1.85. The lowest BCUT2D eigenvalue weighted by atomic mass is 10.2. The van der Waals surface area contributed by atoms with E-state index in [0.717, 1.165) is 22.2 Å². The number of fused-ring (bicyclic) bond motifs is 1. The van der Waals surface area contributed by atoms with Crippen LogP contribution in [-0.2, 0) is 0 Å². The number of aromatic amines is 1. The highest BCUT2D eigenvalue weighted by molar-refractivity contribution is 5.87. The van der Waals surface area contributed by atoms with Gasteiger partial charge in [0.25, 0.3) is 5.56 Å². The van der Waals surface area contributed by atoms with Crippen molar-refractivity contribution in [1.29, 1.82) is 0 Å². The highest BCUT2D eigenvalue weighted by Crippen LogP contribution is 2.20. The molecule has 1 aromatic carbocycles. The van der Waals surface area contributed by atoms with Crippen molar-refractivity contribution in [1.82, 2.24) is 25.0 Å². The average Bonchev–Trinajstić information content (AvgIpc) is 3.06. The van der Waals surface area contributed by atoms with Crippen LogP contribution in [-0.4, -0.2) is 25.0 Å². The second kappa shape index (κ2) is 5.17. The number of H-pyrrole nitrogens is 1. The molecule has 0 saturated carbocycles. The maximum Gasteiger partial charge on any atom is 0.272 e. The second-order valence-corrected chi connectivity index (χ2v) is 5.32. The van der Waals surface area contributed by atoms with E-state index < -0.39 is 0 Å². The Bertz CT molecular complexity index is 1050. The number of benzene rings is 1. The van der Waals surface area contributed by atoms with Crippen molar-refractivity contribution >= 4 is 10.8 Å². The molecule has 23 heavy (non-hydrogen) atoms. The minimum Gasteiger partial charge on any atom is -0.267 e. The molecule has 3 aromatic heterocycles. The van der Waals surface area contributed by atoms with Gasteiger partial charge in [-0.1, -0.05) is 24.3 Å². The molecule has 0 aliphatic rings. The molecule has 6 heteroatoms. The lowest BCUT2D eigenvalue weighted by molar-refractivity contribution is 0.819. The van der Waals surface area contributed by atoms with Gasteiger partial charge in [-0.25, -0.2) is 9.78 Å². The zero-order valence-corrected chi connectivity index (χ0v) is 12.4. The topological polar surface area (TPSA) is 76.5 Å². The minimum atomic E-state index is -0.211. The van der Waals surface area contributed by atoms with E-state index >= 15 is 0 Å². The normalized spacial score (nSPS) is 11.0. The molecule has 3 heterocycles. The summed E-state index contributed by atoms with van der Waals surface area (Å²) in [5.74, 6) is 0.582. The van der Waals surface area contributed by atoms with Gasteiger partial charge in [-0.2, -0.15) is 10.2 Å². The average molecular weight is 303 g/mol. The maximum atomic E-state index is 11.9. The Morgan fingerprint density at radius 2 is 1.87 bits per heavy atom. The van der Waals surface area contributed by atoms with Crippen LogP contribution >= 0.6 is 0 Å². The highest BCUT2D eigenvalue weighted by atomic mass is 16.1. The summed E-state index contributed by atoms with van der Waals surface area (Å²) in [7, 11) is 0. The predicted molar refractivity (Wildman–Crippen MR) is 87.5 cm³/mol. The van der Waals surface area contributed by atoms with Crippen LogP contribution < -0.4 is 5.56 Å². The Morgan fingerprint density at radius 3 is 2.65 bits per heavy atom. The first kappa shape index (κ1) is 13.4. The maximum absolute atomic E-state index is 11.9. The van der Waals surface area contributed by atoms with Crippen molar-refractivity contribution in [3.8, 4) is 17.1 Å². The molecule has 0 saturated heterocycles. The summed E-state index contributed by atoms with van der Waals surface area (Å²) < 4.78 is 1.65. The molecular formula is C17H13N5O. The van der Waals surface area contributed by atoms with E-state index in [2.05, 4.69) is 20.3 Å². The van der Waals surface area contributed by atoms with Crippen LogP contribution in [0.3, 0.4) is 0 Å². The van der Waals surface area contributed by atoms with Gasteiger partial charge < -0.3 is 0 Å². The fourth-order valence-electron chi connectivity index (χ4n) is 2.48. The zero-order chi connectivity index (χ0) is 15.8. The molecule has 0 bridgehead atoms. The molecule has 6 nitrogen and oxygen atoms in total. The van der Waals surface area contributed by atoms with Crippen LogP contribution in [0.1, 0.15) is 5.56 Å². The van der Waals surface area contributed by atoms with E-state index in [9.17, 15) is 4.79 Å². The summed E-state index contributed by atoms with van der Waals surface area (Å²) in [6.07, 6.45) is 5.41. The van der Waals surface area contributed by atoms with E-state index in [1.807, 2.05) is 49.6 Å². The standard InChI is InChI=1S/C17H13N5O/c1-11-6-7-15(18-8-11)12-9-19-22(10-12)16-13-4-2-3-5-14(13)17(23)21-20-16/h2-10H,1H3,(H,21,23). The van der Waals surface area contributed by atoms with Gasteiger partial charge in [-0.15, -0.1) is 0 Å².